The molecule has 0 atom stereocenters. The van der Waals surface area contributed by atoms with Gasteiger partial charge in [-0.1, -0.05) is 23.7 Å². The Kier molecular flexibility index (Phi) is 5.23. The number of ether oxygens (including phenoxy) is 2. The molecule has 0 fully saturated rings. The van der Waals surface area contributed by atoms with Crippen LogP contribution in [0.5, 0.6) is 11.5 Å². The molecule has 0 amide bonds. The molecule has 0 aliphatic carbocycles. The lowest BCUT2D eigenvalue weighted by Gasteiger charge is -2.11. The maximum absolute atomic E-state index is 12.6. The van der Waals surface area contributed by atoms with Gasteiger partial charge in [-0.15, -0.1) is 0 Å². The number of fused-ring (bicyclic) bond motifs is 1. The number of hydrogen-bond acceptors (Lipinski definition) is 5. The van der Waals surface area contributed by atoms with Crippen LogP contribution in [0.2, 0.25) is 5.02 Å². The summed E-state index contributed by atoms with van der Waals surface area (Å²) < 4.78 is 12.1. The highest BCUT2D eigenvalue weighted by molar-refractivity contribution is 6.32. The van der Waals surface area contributed by atoms with E-state index >= 15 is 0 Å². The Morgan fingerprint density at radius 2 is 2.08 bits per heavy atom. The first kappa shape index (κ1) is 17.9. The monoisotopic (exact) mass is 371 g/mol. The third-order valence-electron chi connectivity index (χ3n) is 3.78. The van der Waals surface area contributed by atoms with E-state index in [1.54, 1.807) is 37.3 Å². The molecule has 7 heteroatoms. The van der Waals surface area contributed by atoms with E-state index in [0.29, 0.717) is 45.4 Å². The van der Waals surface area contributed by atoms with Crippen molar-refractivity contribution in [1.29, 1.82) is 0 Å². The number of hydrogen-bond donors (Lipinski definition) is 0. The summed E-state index contributed by atoms with van der Waals surface area (Å²) in [6.45, 7) is 4.07. The molecule has 0 radical (unpaired) electrons. The van der Waals surface area contributed by atoms with E-state index in [1.807, 2.05) is 13.0 Å². The molecule has 3 aromatic rings. The summed E-state index contributed by atoms with van der Waals surface area (Å²) in [6, 6.07) is 10.6. The lowest BCUT2D eigenvalue weighted by atomic mass is 10.2. The van der Waals surface area contributed by atoms with Gasteiger partial charge in [-0.25, -0.2) is 4.98 Å². The highest BCUT2D eigenvalue weighted by Crippen LogP contribution is 2.36. The van der Waals surface area contributed by atoms with Crippen molar-refractivity contribution >= 4 is 28.7 Å². The molecule has 0 aliphatic rings. The third kappa shape index (κ3) is 3.41. The number of methoxy groups -OCH3 is 1. The minimum absolute atomic E-state index is 0.228. The molecule has 3 rings (SSSR count). The first-order chi connectivity index (χ1) is 12.5. The fourth-order valence-electron chi connectivity index (χ4n) is 2.59. The molecule has 26 heavy (non-hydrogen) atoms. The second-order valence-electron chi connectivity index (χ2n) is 5.50. The lowest BCUT2D eigenvalue weighted by Crippen LogP contribution is -2.20. The highest BCUT2D eigenvalue weighted by Gasteiger charge is 2.11. The molecule has 1 aromatic heterocycles. The summed E-state index contributed by atoms with van der Waals surface area (Å²) in [5.41, 5.74) is 1.09. The predicted molar refractivity (Wildman–Crippen MR) is 103 cm³/mol. The maximum Gasteiger partial charge on any atom is 0.282 e. The predicted octanol–water partition coefficient (Wildman–Crippen LogP) is 3.65. The Hall–Kier alpha value is -2.86. The third-order valence-corrected chi connectivity index (χ3v) is 4.06. The van der Waals surface area contributed by atoms with Crippen LogP contribution >= 0.6 is 11.6 Å². The number of aryl methyl sites for hydroxylation is 1. The minimum atomic E-state index is -0.228. The van der Waals surface area contributed by atoms with Crippen LogP contribution in [0.4, 0.5) is 0 Å². The van der Waals surface area contributed by atoms with Crippen molar-refractivity contribution < 1.29 is 9.47 Å². The second-order valence-corrected chi connectivity index (χ2v) is 5.91. The fraction of sp³-hybridized carbons (Fsp3) is 0.211. The van der Waals surface area contributed by atoms with E-state index in [0.717, 1.165) is 0 Å². The van der Waals surface area contributed by atoms with Crippen LogP contribution in [0.3, 0.4) is 0 Å². The quantitative estimate of drug-likeness (QED) is 0.642. The van der Waals surface area contributed by atoms with Crippen molar-refractivity contribution in [3.63, 3.8) is 0 Å². The van der Waals surface area contributed by atoms with Gasteiger partial charge in [-0.2, -0.15) is 9.78 Å². The van der Waals surface area contributed by atoms with E-state index in [1.165, 1.54) is 18.0 Å². The van der Waals surface area contributed by atoms with E-state index in [-0.39, 0.29) is 5.56 Å². The summed E-state index contributed by atoms with van der Waals surface area (Å²) in [4.78, 5) is 17.1. The summed E-state index contributed by atoms with van der Waals surface area (Å²) in [5.74, 6) is 1.48. The van der Waals surface area contributed by atoms with Gasteiger partial charge in [0.1, 0.15) is 5.82 Å². The number of aromatic nitrogens is 2. The standard InChI is InChI=1S/C19H18ClN3O3/c1-4-26-18-15(20)9-13(10-17(18)25-3)11-21-23-12(2)22-16-8-6-5-7-14(16)19(23)24/h5-11H,4H2,1-3H3. The van der Waals surface area contributed by atoms with Crippen LogP contribution in [0.1, 0.15) is 18.3 Å². The van der Waals surface area contributed by atoms with Crippen molar-refractivity contribution in [2.45, 2.75) is 13.8 Å². The smallest absolute Gasteiger partial charge is 0.282 e. The Morgan fingerprint density at radius 3 is 2.81 bits per heavy atom. The van der Waals surface area contributed by atoms with Gasteiger partial charge in [-0.3, -0.25) is 4.79 Å². The molecular formula is C19H18ClN3O3. The van der Waals surface area contributed by atoms with Crippen LogP contribution < -0.4 is 15.0 Å². The van der Waals surface area contributed by atoms with E-state index in [2.05, 4.69) is 10.1 Å². The zero-order valence-electron chi connectivity index (χ0n) is 14.7. The Balaban J connectivity index is 2.04. The summed E-state index contributed by atoms with van der Waals surface area (Å²) in [6.07, 6.45) is 1.54. The number of para-hydroxylation sites is 1. The molecular weight excluding hydrogens is 354 g/mol. The number of rotatable bonds is 5. The van der Waals surface area contributed by atoms with Crippen molar-refractivity contribution in [2.75, 3.05) is 13.7 Å². The zero-order chi connectivity index (χ0) is 18.7. The van der Waals surface area contributed by atoms with E-state index < -0.39 is 0 Å². The van der Waals surface area contributed by atoms with Gasteiger partial charge in [-0.05, 0) is 43.7 Å². The van der Waals surface area contributed by atoms with Gasteiger partial charge >= 0.3 is 0 Å². The summed E-state index contributed by atoms with van der Waals surface area (Å²) >= 11 is 6.27. The van der Waals surface area contributed by atoms with Crippen molar-refractivity contribution in [3.8, 4) is 11.5 Å². The minimum Gasteiger partial charge on any atom is -0.493 e. The van der Waals surface area contributed by atoms with Crippen LogP contribution in [-0.2, 0) is 0 Å². The molecule has 0 spiro atoms. The van der Waals surface area contributed by atoms with Gasteiger partial charge in [0.2, 0.25) is 0 Å². The Bertz CT molecular complexity index is 1040. The molecule has 0 saturated carbocycles. The average molecular weight is 372 g/mol. The zero-order valence-corrected chi connectivity index (χ0v) is 15.4. The molecule has 2 aromatic carbocycles. The maximum atomic E-state index is 12.6. The molecule has 0 aliphatic heterocycles. The van der Waals surface area contributed by atoms with Gasteiger partial charge in [0.25, 0.3) is 5.56 Å². The Morgan fingerprint density at radius 1 is 1.31 bits per heavy atom. The van der Waals surface area contributed by atoms with Gasteiger partial charge in [0, 0.05) is 0 Å². The topological polar surface area (TPSA) is 65.7 Å². The van der Waals surface area contributed by atoms with Gasteiger partial charge in [0.15, 0.2) is 11.5 Å². The molecule has 1 heterocycles. The summed E-state index contributed by atoms with van der Waals surface area (Å²) in [5, 5.41) is 5.20. The summed E-state index contributed by atoms with van der Waals surface area (Å²) in [7, 11) is 1.54. The van der Waals surface area contributed by atoms with Crippen LogP contribution in [0.15, 0.2) is 46.3 Å². The SMILES string of the molecule is CCOc1c(Cl)cc(C=Nn2c(C)nc3ccccc3c2=O)cc1OC. The first-order valence-corrected chi connectivity index (χ1v) is 8.46. The molecule has 0 N–H and O–H groups in total. The van der Waals surface area contributed by atoms with E-state index in [4.69, 9.17) is 21.1 Å². The average Bonchev–Trinajstić information content (AvgIpc) is 2.63. The number of halogens is 1. The van der Waals surface area contributed by atoms with Crippen molar-refractivity contribution in [3.05, 3.63) is 63.2 Å². The number of nitrogens with zero attached hydrogens (tertiary/aromatic N) is 3. The van der Waals surface area contributed by atoms with Crippen molar-refractivity contribution in [2.24, 2.45) is 5.10 Å². The second kappa shape index (κ2) is 7.58. The largest absolute Gasteiger partial charge is 0.493 e. The van der Waals surface area contributed by atoms with Gasteiger partial charge in [0.05, 0.1) is 35.9 Å². The van der Waals surface area contributed by atoms with E-state index in [9.17, 15) is 4.79 Å². The molecule has 0 bridgehead atoms. The molecule has 0 unspecified atom stereocenters. The normalized spacial score (nSPS) is 11.2. The van der Waals surface area contributed by atoms with Crippen molar-refractivity contribution in [1.82, 2.24) is 9.66 Å². The number of benzene rings is 2. The van der Waals surface area contributed by atoms with Crippen LogP contribution in [0.25, 0.3) is 10.9 Å². The lowest BCUT2D eigenvalue weighted by molar-refractivity contribution is 0.311. The Labute approximate surface area is 155 Å². The van der Waals surface area contributed by atoms with Crippen LogP contribution in [0, 0.1) is 6.92 Å². The fourth-order valence-corrected chi connectivity index (χ4v) is 2.87. The molecule has 6 nitrogen and oxygen atoms in total. The first-order valence-electron chi connectivity index (χ1n) is 8.08. The molecule has 0 saturated heterocycles. The van der Waals surface area contributed by atoms with Crippen LogP contribution in [-0.4, -0.2) is 29.6 Å². The highest BCUT2D eigenvalue weighted by atomic mass is 35.5. The van der Waals surface area contributed by atoms with Gasteiger partial charge < -0.3 is 9.47 Å². The molecule has 134 valence electrons.